The summed E-state index contributed by atoms with van der Waals surface area (Å²) < 4.78 is 0. The quantitative estimate of drug-likeness (QED) is 0.754. The fourth-order valence-electron chi connectivity index (χ4n) is 1.99. The monoisotopic (exact) mass is 239 g/mol. The highest BCUT2D eigenvalue weighted by molar-refractivity contribution is 6.31. The zero-order chi connectivity index (χ0) is 11.9. The van der Waals surface area contributed by atoms with Crippen LogP contribution in [0.25, 0.3) is 0 Å². The van der Waals surface area contributed by atoms with E-state index in [1.165, 1.54) is 5.06 Å². The molecule has 1 saturated heterocycles. The van der Waals surface area contributed by atoms with E-state index in [-0.39, 0.29) is 12.0 Å². The van der Waals surface area contributed by atoms with Gasteiger partial charge in [0.05, 0.1) is 5.41 Å². The molecular weight excluding hydrogens is 226 g/mol. The Labute approximate surface area is 99.9 Å². The zero-order valence-corrected chi connectivity index (χ0v) is 10.3. The molecule has 1 atom stereocenters. The summed E-state index contributed by atoms with van der Waals surface area (Å²) in [4.78, 5) is 17.4. The van der Waals surface area contributed by atoms with Gasteiger partial charge in [-0.1, -0.05) is 29.8 Å². The molecule has 0 bridgehead atoms. The summed E-state index contributed by atoms with van der Waals surface area (Å²) in [6.07, 6.45) is -0.321. The number of hydrogen-bond donors (Lipinski definition) is 0. The fraction of sp³-hybridized carbons (Fsp3) is 0.417. The summed E-state index contributed by atoms with van der Waals surface area (Å²) >= 11 is 6.12. The third kappa shape index (κ3) is 1.60. The third-order valence-corrected chi connectivity index (χ3v) is 3.29. The molecule has 4 heteroatoms. The first kappa shape index (κ1) is 11.4. The van der Waals surface area contributed by atoms with Crippen LogP contribution >= 0.6 is 11.6 Å². The van der Waals surface area contributed by atoms with E-state index in [2.05, 4.69) is 0 Å². The van der Waals surface area contributed by atoms with Gasteiger partial charge in [-0.25, -0.2) is 5.06 Å². The Hall–Kier alpha value is -1.06. The summed E-state index contributed by atoms with van der Waals surface area (Å²) in [5.74, 6) is -0.0302. The molecule has 0 spiro atoms. The Morgan fingerprint density at radius 2 is 2.00 bits per heavy atom. The maximum atomic E-state index is 11.9. The van der Waals surface area contributed by atoms with Crippen molar-refractivity contribution in [2.24, 2.45) is 5.41 Å². The van der Waals surface area contributed by atoms with Gasteiger partial charge in [-0.05, 0) is 19.9 Å². The van der Waals surface area contributed by atoms with Crippen LogP contribution in [0.4, 0.5) is 0 Å². The molecule has 1 amide bonds. The molecule has 1 aromatic carbocycles. The number of hydrogen-bond acceptors (Lipinski definition) is 2. The maximum absolute atomic E-state index is 11.9. The van der Waals surface area contributed by atoms with Crippen molar-refractivity contribution in [3.8, 4) is 0 Å². The highest BCUT2D eigenvalue weighted by atomic mass is 35.5. The summed E-state index contributed by atoms with van der Waals surface area (Å²) in [5, 5.41) is 1.91. The SMILES string of the molecule is CN1OC(c2ccccc2Cl)C(C)(C)C1=O. The molecule has 0 N–H and O–H groups in total. The molecule has 0 radical (unpaired) electrons. The lowest BCUT2D eigenvalue weighted by molar-refractivity contribution is -0.164. The second-order valence-electron chi connectivity index (χ2n) is 4.53. The Morgan fingerprint density at radius 1 is 1.38 bits per heavy atom. The first-order valence-corrected chi connectivity index (χ1v) is 5.51. The second-order valence-corrected chi connectivity index (χ2v) is 4.94. The van der Waals surface area contributed by atoms with E-state index >= 15 is 0 Å². The number of rotatable bonds is 1. The van der Waals surface area contributed by atoms with Crippen molar-refractivity contribution in [3.63, 3.8) is 0 Å². The minimum absolute atomic E-state index is 0.0302. The van der Waals surface area contributed by atoms with Gasteiger partial charge in [0.25, 0.3) is 5.91 Å². The third-order valence-electron chi connectivity index (χ3n) is 2.94. The zero-order valence-electron chi connectivity index (χ0n) is 9.53. The predicted molar refractivity (Wildman–Crippen MR) is 61.8 cm³/mol. The Kier molecular flexibility index (Phi) is 2.68. The minimum Gasteiger partial charge on any atom is -0.272 e. The Bertz CT molecular complexity index is 431. The van der Waals surface area contributed by atoms with Gasteiger partial charge in [0.1, 0.15) is 6.10 Å². The summed E-state index contributed by atoms with van der Waals surface area (Å²) in [7, 11) is 1.63. The van der Waals surface area contributed by atoms with Crippen LogP contribution in [-0.4, -0.2) is 18.0 Å². The number of halogens is 1. The predicted octanol–water partition coefficient (Wildman–Crippen LogP) is 2.81. The van der Waals surface area contributed by atoms with Crippen molar-refractivity contribution in [3.05, 3.63) is 34.9 Å². The smallest absolute Gasteiger partial charge is 0.254 e. The van der Waals surface area contributed by atoms with E-state index in [1.54, 1.807) is 13.1 Å². The number of benzene rings is 1. The van der Waals surface area contributed by atoms with Crippen molar-refractivity contribution in [2.75, 3.05) is 7.05 Å². The average Bonchev–Trinajstić information content (AvgIpc) is 2.43. The molecule has 86 valence electrons. The molecule has 3 nitrogen and oxygen atoms in total. The first-order chi connectivity index (χ1) is 7.44. The molecule has 1 unspecified atom stereocenters. The van der Waals surface area contributed by atoms with Crippen molar-refractivity contribution in [2.45, 2.75) is 20.0 Å². The van der Waals surface area contributed by atoms with Crippen molar-refractivity contribution >= 4 is 17.5 Å². The molecule has 1 fully saturated rings. The Balaban J connectivity index is 2.44. The Morgan fingerprint density at radius 3 is 2.50 bits per heavy atom. The van der Waals surface area contributed by atoms with Crippen molar-refractivity contribution in [1.29, 1.82) is 0 Å². The lowest BCUT2D eigenvalue weighted by atomic mass is 9.83. The van der Waals surface area contributed by atoms with Crippen LogP contribution in [-0.2, 0) is 9.63 Å². The molecule has 1 aliphatic heterocycles. The molecule has 16 heavy (non-hydrogen) atoms. The largest absolute Gasteiger partial charge is 0.272 e. The van der Waals surface area contributed by atoms with Crippen molar-refractivity contribution in [1.82, 2.24) is 5.06 Å². The van der Waals surface area contributed by atoms with E-state index < -0.39 is 5.41 Å². The summed E-state index contributed by atoms with van der Waals surface area (Å²) in [6, 6.07) is 7.45. The highest BCUT2D eigenvalue weighted by Crippen LogP contribution is 2.45. The topological polar surface area (TPSA) is 29.5 Å². The van der Waals surface area contributed by atoms with Gasteiger partial charge >= 0.3 is 0 Å². The molecule has 0 aliphatic carbocycles. The standard InChI is InChI=1S/C12H14ClNO2/c1-12(2)10(16-14(3)11(12)15)8-6-4-5-7-9(8)13/h4-7,10H,1-3H3. The summed E-state index contributed by atoms with van der Waals surface area (Å²) in [5.41, 5.74) is 0.270. The minimum atomic E-state index is -0.584. The highest BCUT2D eigenvalue weighted by Gasteiger charge is 2.48. The molecule has 0 saturated carbocycles. The van der Waals surface area contributed by atoms with Crippen LogP contribution in [0, 0.1) is 5.41 Å². The number of carbonyl (C=O) groups excluding carboxylic acids is 1. The number of nitrogens with zero attached hydrogens (tertiary/aromatic N) is 1. The number of carbonyl (C=O) groups is 1. The van der Waals surface area contributed by atoms with E-state index in [0.717, 1.165) is 5.56 Å². The second kappa shape index (κ2) is 3.75. The average molecular weight is 240 g/mol. The molecule has 2 rings (SSSR count). The van der Waals surface area contributed by atoms with Gasteiger partial charge in [0.15, 0.2) is 0 Å². The van der Waals surface area contributed by atoms with Gasteiger partial charge in [0, 0.05) is 17.6 Å². The normalized spacial score (nSPS) is 23.9. The maximum Gasteiger partial charge on any atom is 0.254 e. The van der Waals surface area contributed by atoms with Crippen LogP contribution in [0.5, 0.6) is 0 Å². The fourth-order valence-corrected chi connectivity index (χ4v) is 2.22. The summed E-state index contributed by atoms with van der Waals surface area (Å²) in [6.45, 7) is 3.74. The first-order valence-electron chi connectivity index (χ1n) is 5.14. The molecular formula is C12H14ClNO2. The molecule has 0 aromatic heterocycles. The van der Waals surface area contributed by atoms with Crippen LogP contribution < -0.4 is 0 Å². The van der Waals surface area contributed by atoms with Crippen LogP contribution in [0.1, 0.15) is 25.5 Å². The lowest BCUT2D eigenvalue weighted by Crippen LogP contribution is -2.28. The van der Waals surface area contributed by atoms with E-state index in [0.29, 0.717) is 5.02 Å². The van der Waals surface area contributed by atoms with Gasteiger partial charge in [-0.15, -0.1) is 0 Å². The van der Waals surface area contributed by atoms with Crippen LogP contribution in [0.3, 0.4) is 0 Å². The van der Waals surface area contributed by atoms with E-state index in [4.69, 9.17) is 16.4 Å². The van der Waals surface area contributed by atoms with E-state index in [9.17, 15) is 4.79 Å². The van der Waals surface area contributed by atoms with Gasteiger partial charge in [0.2, 0.25) is 0 Å². The molecule has 1 heterocycles. The number of hydroxylamine groups is 2. The van der Waals surface area contributed by atoms with Crippen molar-refractivity contribution < 1.29 is 9.63 Å². The molecule has 1 aliphatic rings. The van der Waals surface area contributed by atoms with Crippen LogP contribution in [0.15, 0.2) is 24.3 Å². The van der Waals surface area contributed by atoms with Gasteiger partial charge in [-0.3, -0.25) is 9.63 Å². The van der Waals surface area contributed by atoms with E-state index in [1.807, 2.05) is 32.0 Å². The lowest BCUT2D eigenvalue weighted by Gasteiger charge is -2.21. The number of amides is 1. The van der Waals surface area contributed by atoms with Crippen LogP contribution in [0.2, 0.25) is 5.02 Å². The van der Waals surface area contributed by atoms with Gasteiger partial charge in [-0.2, -0.15) is 0 Å². The molecule has 1 aromatic rings. The van der Waals surface area contributed by atoms with Gasteiger partial charge < -0.3 is 0 Å².